The third-order valence-electron chi connectivity index (χ3n) is 2.79. The van der Waals surface area contributed by atoms with Gasteiger partial charge in [0, 0.05) is 21.2 Å². The van der Waals surface area contributed by atoms with Crippen molar-refractivity contribution in [1.29, 1.82) is 0 Å². The van der Waals surface area contributed by atoms with Crippen molar-refractivity contribution < 1.29 is 8.91 Å². The average molecular weight is 324 g/mol. The highest BCUT2D eigenvalue weighted by Gasteiger charge is 2.13. The van der Waals surface area contributed by atoms with Gasteiger partial charge in [-0.3, -0.25) is 0 Å². The van der Waals surface area contributed by atoms with Crippen LogP contribution in [0.5, 0.6) is 0 Å². The average Bonchev–Trinajstić information content (AvgIpc) is 2.90. The van der Waals surface area contributed by atoms with Crippen molar-refractivity contribution in [2.24, 2.45) is 0 Å². The minimum Gasteiger partial charge on any atom is -0.396 e. The first-order valence-corrected chi connectivity index (χ1v) is 6.64. The Hall–Kier alpha value is -2.11. The van der Waals surface area contributed by atoms with Crippen LogP contribution in [0.25, 0.3) is 22.8 Å². The van der Waals surface area contributed by atoms with Gasteiger partial charge in [-0.05, 0) is 36.4 Å². The summed E-state index contributed by atoms with van der Waals surface area (Å²) in [5, 5.41) is 4.79. The summed E-state index contributed by atoms with van der Waals surface area (Å²) in [6.45, 7) is 0. The molecule has 21 heavy (non-hydrogen) atoms. The van der Waals surface area contributed by atoms with Crippen LogP contribution in [0.4, 0.5) is 10.1 Å². The van der Waals surface area contributed by atoms with Crippen molar-refractivity contribution in [2.45, 2.75) is 0 Å². The summed E-state index contributed by atoms with van der Waals surface area (Å²) >= 11 is 11.9. The molecule has 3 rings (SSSR count). The van der Waals surface area contributed by atoms with E-state index in [9.17, 15) is 4.39 Å². The van der Waals surface area contributed by atoms with Gasteiger partial charge in [0.2, 0.25) is 5.82 Å². The molecular weight excluding hydrogens is 316 g/mol. The Bertz CT molecular complexity index is 799. The van der Waals surface area contributed by atoms with Gasteiger partial charge in [0.25, 0.3) is 5.89 Å². The highest BCUT2D eigenvalue weighted by atomic mass is 35.5. The standard InChI is InChI=1S/C14H8Cl2FN3O/c15-9-3-8(4-10(16)6-9)13-19-14(21-20-13)7-1-2-11(17)12(18)5-7/h1-6H,18H2. The minimum absolute atomic E-state index is 0.0121. The highest BCUT2D eigenvalue weighted by Crippen LogP contribution is 2.28. The van der Waals surface area contributed by atoms with E-state index in [1.54, 1.807) is 18.2 Å². The molecule has 4 nitrogen and oxygen atoms in total. The Kier molecular flexibility index (Phi) is 3.53. The first kappa shape index (κ1) is 13.9. The Morgan fingerprint density at radius 3 is 2.38 bits per heavy atom. The molecule has 2 aromatic carbocycles. The predicted molar refractivity (Wildman–Crippen MR) is 79.6 cm³/mol. The molecule has 0 fully saturated rings. The third-order valence-corrected chi connectivity index (χ3v) is 3.23. The number of hydrogen-bond acceptors (Lipinski definition) is 4. The third kappa shape index (κ3) is 2.84. The summed E-state index contributed by atoms with van der Waals surface area (Å²) in [5.74, 6) is 0.0604. The monoisotopic (exact) mass is 323 g/mol. The number of benzene rings is 2. The zero-order valence-corrected chi connectivity index (χ0v) is 12.0. The molecule has 2 N–H and O–H groups in total. The molecule has 1 heterocycles. The van der Waals surface area contributed by atoms with Gasteiger partial charge in [-0.1, -0.05) is 28.4 Å². The zero-order chi connectivity index (χ0) is 15.0. The summed E-state index contributed by atoms with van der Waals surface area (Å²) in [5.41, 5.74) is 6.68. The molecule has 0 saturated carbocycles. The molecule has 0 aliphatic rings. The lowest BCUT2D eigenvalue weighted by Gasteiger charge is -1.98. The summed E-state index contributed by atoms with van der Waals surface area (Å²) < 4.78 is 18.3. The zero-order valence-electron chi connectivity index (χ0n) is 10.5. The smallest absolute Gasteiger partial charge is 0.258 e. The van der Waals surface area contributed by atoms with Crippen molar-refractivity contribution in [3.8, 4) is 22.8 Å². The first-order chi connectivity index (χ1) is 10.0. The van der Waals surface area contributed by atoms with E-state index in [1.165, 1.54) is 18.2 Å². The molecule has 0 aliphatic carbocycles. The number of aromatic nitrogens is 2. The van der Waals surface area contributed by atoms with E-state index in [1.807, 2.05) is 0 Å². The van der Waals surface area contributed by atoms with Crippen molar-refractivity contribution in [2.75, 3.05) is 5.73 Å². The second kappa shape index (κ2) is 5.35. The maximum Gasteiger partial charge on any atom is 0.258 e. The predicted octanol–water partition coefficient (Wildman–Crippen LogP) is 4.43. The van der Waals surface area contributed by atoms with Gasteiger partial charge in [-0.25, -0.2) is 4.39 Å². The van der Waals surface area contributed by atoms with Crippen LogP contribution in [0, 0.1) is 5.82 Å². The lowest BCUT2D eigenvalue weighted by Crippen LogP contribution is -1.90. The van der Waals surface area contributed by atoms with Crippen LogP contribution in [-0.4, -0.2) is 10.1 Å². The molecular formula is C14H8Cl2FN3O. The van der Waals surface area contributed by atoms with E-state index in [0.29, 0.717) is 27.0 Å². The Balaban J connectivity index is 2.01. The van der Waals surface area contributed by atoms with E-state index in [0.717, 1.165) is 0 Å². The Morgan fingerprint density at radius 2 is 1.71 bits per heavy atom. The van der Waals surface area contributed by atoms with Gasteiger partial charge in [-0.2, -0.15) is 4.98 Å². The SMILES string of the molecule is Nc1cc(-c2nc(-c3cc(Cl)cc(Cl)c3)no2)ccc1F. The molecule has 0 radical (unpaired) electrons. The van der Waals surface area contributed by atoms with Crippen LogP contribution in [0.1, 0.15) is 0 Å². The quantitative estimate of drug-likeness (QED) is 0.708. The van der Waals surface area contributed by atoms with Crippen LogP contribution in [0.2, 0.25) is 10.0 Å². The molecule has 3 aromatic rings. The van der Waals surface area contributed by atoms with Crippen LogP contribution >= 0.6 is 23.2 Å². The minimum atomic E-state index is -0.500. The molecule has 0 aliphatic heterocycles. The number of nitrogen functional groups attached to an aromatic ring is 1. The van der Waals surface area contributed by atoms with Crippen molar-refractivity contribution >= 4 is 28.9 Å². The molecule has 0 spiro atoms. The van der Waals surface area contributed by atoms with E-state index in [-0.39, 0.29) is 11.6 Å². The molecule has 0 saturated heterocycles. The van der Waals surface area contributed by atoms with Crippen molar-refractivity contribution in [3.63, 3.8) is 0 Å². The fraction of sp³-hybridized carbons (Fsp3) is 0. The molecule has 106 valence electrons. The fourth-order valence-electron chi connectivity index (χ4n) is 1.82. The summed E-state index contributed by atoms with van der Waals surface area (Å²) in [7, 11) is 0. The second-order valence-electron chi connectivity index (χ2n) is 4.32. The molecule has 1 aromatic heterocycles. The molecule has 7 heteroatoms. The fourth-order valence-corrected chi connectivity index (χ4v) is 2.34. The van der Waals surface area contributed by atoms with Gasteiger partial charge in [0.05, 0.1) is 5.69 Å². The number of hydrogen-bond donors (Lipinski definition) is 1. The van der Waals surface area contributed by atoms with Gasteiger partial charge in [0.15, 0.2) is 0 Å². The number of nitrogens with zero attached hydrogens (tertiary/aromatic N) is 2. The molecule has 0 atom stereocenters. The van der Waals surface area contributed by atoms with Gasteiger partial charge >= 0.3 is 0 Å². The number of nitrogens with two attached hydrogens (primary N) is 1. The summed E-state index contributed by atoms with van der Waals surface area (Å²) in [6.07, 6.45) is 0. The summed E-state index contributed by atoms with van der Waals surface area (Å²) in [6, 6.07) is 9.12. The lowest BCUT2D eigenvalue weighted by molar-refractivity contribution is 0.432. The van der Waals surface area contributed by atoms with Gasteiger partial charge in [-0.15, -0.1) is 0 Å². The molecule has 0 unspecified atom stereocenters. The molecule has 0 bridgehead atoms. The van der Waals surface area contributed by atoms with Crippen molar-refractivity contribution in [3.05, 3.63) is 52.3 Å². The van der Waals surface area contributed by atoms with Gasteiger partial charge < -0.3 is 10.3 Å². The van der Waals surface area contributed by atoms with Crippen LogP contribution < -0.4 is 5.73 Å². The Labute approximate surface area is 129 Å². The van der Waals surface area contributed by atoms with E-state index < -0.39 is 5.82 Å². The first-order valence-electron chi connectivity index (χ1n) is 5.88. The van der Waals surface area contributed by atoms with Crippen LogP contribution in [0.15, 0.2) is 40.9 Å². The summed E-state index contributed by atoms with van der Waals surface area (Å²) in [4.78, 5) is 4.23. The van der Waals surface area contributed by atoms with Crippen LogP contribution in [0.3, 0.4) is 0 Å². The van der Waals surface area contributed by atoms with Crippen molar-refractivity contribution in [1.82, 2.24) is 10.1 Å². The number of rotatable bonds is 2. The second-order valence-corrected chi connectivity index (χ2v) is 5.19. The normalized spacial score (nSPS) is 10.8. The largest absolute Gasteiger partial charge is 0.396 e. The topological polar surface area (TPSA) is 64.9 Å². The number of anilines is 1. The lowest BCUT2D eigenvalue weighted by atomic mass is 10.2. The highest BCUT2D eigenvalue weighted by molar-refractivity contribution is 6.35. The van der Waals surface area contributed by atoms with Crippen LogP contribution in [-0.2, 0) is 0 Å². The Morgan fingerprint density at radius 1 is 1.00 bits per heavy atom. The van der Waals surface area contributed by atoms with Gasteiger partial charge in [0.1, 0.15) is 5.82 Å². The van der Waals surface area contributed by atoms with E-state index in [4.69, 9.17) is 33.5 Å². The maximum atomic E-state index is 13.2. The molecule has 0 amide bonds. The maximum absolute atomic E-state index is 13.2. The van der Waals surface area contributed by atoms with E-state index >= 15 is 0 Å². The van der Waals surface area contributed by atoms with E-state index in [2.05, 4.69) is 10.1 Å². The number of halogens is 3.